The predicted octanol–water partition coefficient (Wildman–Crippen LogP) is -0.271. The van der Waals surface area contributed by atoms with Crippen LogP contribution >= 0.6 is 0 Å². The second-order valence-electron chi connectivity index (χ2n) is 1.87. The van der Waals surface area contributed by atoms with E-state index in [-0.39, 0.29) is 11.5 Å². The molecular weight excluding hydrogens is 160 g/mol. The summed E-state index contributed by atoms with van der Waals surface area (Å²) in [5, 5.41) is 17.6. The van der Waals surface area contributed by atoms with Crippen LogP contribution in [-0.2, 0) is 0 Å². The fraction of sp³-hybridized carbons (Fsp3) is 0. The molecule has 1 aromatic carbocycles. The van der Waals surface area contributed by atoms with Gasteiger partial charge in [0.1, 0.15) is 6.29 Å². The molecule has 0 aliphatic carbocycles. The Morgan fingerprint density at radius 1 is 1.17 bits per heavy atom. The molecule has 0 fully saturated rings. The van der Waals surface area contributed by atoms with Crippen LogP contribution in [0.25, 0.3) is 0 Å². The van der Waals surface area contributed by atoms with Crippen LogP contribution in [0.1, 0.15) is 10.4 Å². The van der Waals surface area contributed by atoms with E-state index in [1.165, 1.54) is 18.2 Å². The van der Waals surface area contributed by atoms with Crippen LogP contribution in [-0.4, -0.2) is 16.5 Å². The molecule has 0 bridgehead atoms. The van der Waals surface area contributed by atoms with Crippen molar-refractivity contribution in [2.75, 3.05) is 0 Å². The van der Waals surface area contributed by atoms with Gasteiger partial charge in [-0.15, -0.1) is 0 Å². The first kappa shape index (κ1) is 10.4. The molecule has 0 heterocycles. The van der Waals surface area contributed by atoms with Crippen LogP contribution in [0.3, 0.4) is 0 Å². The first-order valence-electron chi connectivity index (χ1n) is 3.04. The van der Waals surface area contributed by atoms with Crippen molar-refractivity contribution in [3.63, 3.8) is 0 Å². The number of nitrogens with two attached hydrogens (primary N) is 2. The standard InChI is InChI=1S/C7H6O3.H4N2/c8-4-5-1-2-6(9)7(10)3-5;1-2/h1-4,9-10H;1-2H2. The van der Waals surface area contributed by atoms with Crippen molar-refractivity contribution < 1.29 is 15.0 Å². The van der Waals surface area contributed by atoms with Crippen molar-refractivity contribution in [1.82, 2.24) is 0 Å². The Balaban J connectivity index is 0.000000561. The van der Waals surface area contributed by atoms with E-state index in [9.17, 15) is 4.79 Å². The minimum absolute atomic E-state index is 0.217. The maximum absolute atomic E-state index is 10.1. The first-order chi connectivity index (χ1) is 5.74. The lowest BCUT2D eigenvalue weighted by molar-refractivity contribution is 0.112. The summed E-state index contributed by atoms with van der Waals surface area (Å²) in [5.41, 5.74) is 0.343. The average molecular weight is 170 g/mol. The molecule has 0 amide bonds. The zero-order chi connectivity index (χ0) is 9.56. The normalized spacial score (nSPS) is 8.17. The van der Waals surface area contributed by atoms with Gasteiger partial charge in [0.15, 0.2) is 11.5 Å². The maximum Gasteiger partial charge on any atom is 0.158 e. The molecule has 0 spiro atoms. The van der Waals surface area contributed by atoms with E-state index in [4.69, 9.17) is 10.2 Å². The van der Waals surface area contributed by atoms with Gasteiger partial charge in [0.2, 0.25) is 0 Å². The van der Waals surface area contributed by atoms with Crippen LogP contribution in [0, 0.1) is 0 Å². The highest BCUT2D eigenvalue weighted by molar-refractivity contribution is 5.76. The van der Waals surface area contributed by atoms with E-state index >= 15 is 0 Å². The molecule has 0 saturated carbocycles. The van der Waals surface area contributed by atoms with E-state index in [2.05, 4.69) is 11.7 Å². The summed E-state index contributed by atoms with van der Waals surface area (Å²) in [6.45, 7) is 0. The highest BCUT2D eigenvalue weighted by Gasteiger charge is 1.97. The Morgan fingerprint density at radius 3 is 2.17 bits per heavy atom. The second-order valence-corrected chi connectivity index (χ2v) is 1.87. The van der Waals surface area contributed by atoms with Crippen LogP contribution in [0.5, 0.6) is 11.5 Å². The van der Waals surface area contributed by atoms with Crippen molar-refractivity contribution in [3.05, 3.63) is 23.8 Å². The molecule has 0 radical (unpaired) electrons. The van der Waals surface area contributed by atoms with E-state index < -0.39 is 0 Å². The van der Waals surface area contributed by atoms with Crippen molar-refractivity contribution >= 4 is 6.29 Å². The highest BCUT2D eigenvalue weighted by atomic mass is 16.3. The number of carbonyl (C=O) groups excluding carboxylic acids is 1. The van der Waals surface area contributed by atoms with Gasteiger partial charge in [-0.1, -0.05) is 0 Å². The second kappa shape index (κ2) is 5.11. The molecule has 1 aromatic rings. The largest absolute Gasteiger partial charge is 0.504 e. The van der Waals surface area contributed by atoms with E-state index in [0.29, 0.717) is 11.8 Å². The van der Waals surface area contributed by atoms with Crippen molar-refractivity contribution in [2.45, 2.75) is 0 Å². The molecule has 66 valence electrons. The molecule has 5 heteroatoms. The van der Waals surface area contributed by atoms with Crippen molar-refractivity contribution in [3.8, 4) is 11.5 Å². The average Bonchev–Trinajstić information content (AvgIpc) is 2.13. The lowest BCUT2D eigenvalue weighted by Gasteiger charge is -1.95. The fourth-order valence-electron chi connectivity index (χ4n) is 0.614. The van der Waals surface area contributed by atoms with Gasteiger partial charge in [-0.3, -0.25) is 16.5 Å². The molecule has 0 atom stereocenters. The number of carbonyl (C=O) groups is 1. The number of phenolic OH excluding ortho intramolecular Hbond substituents is 2. The van der Waals surface area contributed by atoms with Gasteiger partial charge in [-0.05, 0) is 18.2 Å². The number of rotatable bonds is 1. The SMILES string of the molecule is NN.O=Cc1ccc(O)c(O)c1. The van der Waals surface area contributed by atoms with E-state index in [1.54, 1.807) is 0 Å². The van der Waals surface area contributed by atoms with Crippen molar-refractivity contribution in [2.24, 2.45) is 11.7 Å². The van der Waals surface area contributed by atoms with Gasteiger partial charge >= 0.3 is 0 Å². The molecule has 0 saturated heterocycles. The molecule has 0 aliphatic heterocycles. The van der Waals surface area contributed by atoms with Crippen LogP contribution in [0.4, 0.5) is 0 Å². The minimum atomic E-state index is -0.274. The molecule has 5 nitrogen and oxygen atoms in total. The summed E-state index contributed by atoms with van der Waals surface area (Å²) in [7, 11) is 0. The summed E-state index contributed by atoms with van der Waals surface area (Å²) < 4.78 is 0. The number of hydrogen-bond acceptors (Lipinski definition) is 5. The Bertz CT molecular complexity index is 263. The third-order valence-electron chi connectivity index (χ3n) is 1.14. The molecule has 1 rings (SSSR count). The van der Waals surface area contributed by atoms with Crippen molar-refractivity contribution in [1.29, 1.82) is 0 Å². The third-order valence-corrected chi connectivity index (χ3v) is 1.14. The lowest BCUT2D eigenvalue weighted by atomic mass is 10.2. The van der Waals surface area contributed by atoms with Gasteiger partial charge in [0.25, 0.3) is 0 Å². The predicted molar refractivity (Wildman–Crippen MR) is 43.5 cm³/mol. The minimum Gasteiger partial charge on any atom is -0.504 e. The summed E-state index contributed by atoms with van der Waals surface area (Å²) >= 11 is 0. The Hall–Kier alpha value is -1.59. The quantitative estimate of drug-likeness (QED) is 0.201. The fourth-order valence-corrected chi connectivity index (χ4v) is 0.614. The molecular formula is C7H10N2O3. The van der Waals surface area contributed by atoms with Crippen LogP contribution in [0.15, 0.2) is 18.2 Å². The summed E-state index contributed by atoms with van der Waals surface area (Å²) in [5.74, 6) is 7.51. The number of hydrazine groups is 1. The Labute approximate surface area is 69.2 Å². The molecule has 0 unspecified atom stereocenters. The van der Waals surface area contributed by atoms with Gasteiger partial charge in [-0.2, -0.15) is 0 Å². The molecule has 12 heavy (non-hydrogen) atoms. The first-order valence-corrected chi connectivity index (χ1v) is 3.04. The molecule has 6 N–H and O–H groups in total. The number of aromatic hydroxyl groups is 2. The smallest absolute Gasteiger partial charge is 0.158 e. The van der Waals surface area contributed by atoms with Crippen LogP contribution in [0.2, 0.25) is 0 Å². The molecule has 0 aliphatic rings. The lowest BCUT2D eigenvalue weighted by Crippen LogP contribution is -2.02. The van der Waals surface area contributed by atoms with Gasteiger partial charge in [-0.25, -0.2) is 0 Å². The summed E-state index contributed by atoms with van der Waals surface area (Å²) in [6.07, 6.45) is 0.596. The van der Waals surface area contributed by atoms with Crippen LogP contribution < -0.4 is 11.7 Å². The maximum atomic E-state index is 10.1. The summed E-state index contributed by atoms with van der Waals surface area (Å²) in [4.78, 5) is 10.1. The van der Waals surface area contributed by atoms with Gasteiger partial charge in [0.05, 0.1) is 0 Å². The molecule has 0 aromatic heterocycles. The van der Waals surface area contributed by atoms with Gasteiger partial charge in [0, 0.05) is 5.56 Å². The van der Waals surface area contributed by atoms with Gasteiger partial charge < -0.3 is 10.2 Å². The zero-order valence-electron chi connectivity index (χ0n) is 6.27. The zero-order valence-corrected chi connectivity index (χ0v) is 6.27. The third kappa shape index (κ3) is 2.57. The van der Waals surface area contributed by atoms with E-state index in [1.807, 2.05) is 0 Å². The summed E-state index contributed by atoms with van der Waals surface area (Å²) in [6, 6.07) is 3.88. The topological polar surface area (TPSA) is 110 Å². The number of aldehydes is 1. The highest BCUT2D eigenvalue weighted by Crippen LogP contribution is 2.23. The Morgan fingerprint density at radius 2 is 1.75 bits per heavy atom. The van der Waals surface area contributed by atoms with E-state index in [0.717, 1.165) is 0 Å². The number of hydrogen-bond donors (Lipinski definition) is 4. The number of benzene rings is 1. The monoisotopic (exact) mass is 170 g/mol. The number of phenols is 2. The Kier molecular flexibility index (Phi) is 4.43.